The highest BCUT2D eigenvalue weighted by molar-refractivity contribution is 6.31. The maximum absolute atomic E-state index is 13.6. The van der Waals surface area contributed by atoms with Crippen molar-refractivity contribution in [3.8, 4) is 11.5 Å². The number of ketones is 1. The Morgan fingerprint density at radius 2 is 1.89 bits per heavy atom. The highest BCUT2D eigenvalue weighted by atomic mass is 35.5. The number of halogens is 1. The minimum Gasteiger partial charge on any atom is -0.503 e. The number of benzene rings is 2. The van der Waals surface area contributed by atoms with Crippen LogP contribution in [0.2, 0.25) is 5.02 Å². The third-order valence-corrected chi connectivity index (χ3v) is 5.96. The van der Waals surface area contributed by atoms with Gasteiger partial charge in [-0.3, -0.25) is 9.59 Å². The first-order chi connectivity index (χ1) is 16.9. The van der Waals surface area contributed by atoms with Crippen molar-refractivity contribution in [3.05, 3.63) is 70.1 Å². The van der Waals surface area contributed by atoms with Gasteiger partial charge < -0.3 is 28.6 Å². The first-order valence-corrected chi connectivity index (χ1v) is 11.5. The topological polar surface area (TPSA) is 98.4 Å². The number of aliphatic hydroxyl groups is 1. The SMILES string of the molecule is CCCOc1ccc(C2C(C(=O)c3cc4cc(Cl)cc(OC)c4o3)=C(O)C(=O)N2CCOC)cc1. The zero-order valence-corrected chi connectivity index (χ0v) is 20.4. The molecule has 1 N–H and O–H groups in total. The van der Waals surface area contributed by atoms with E-state index >= 15 is 0 Å². The zero-order chi connectivity index (χ0) is 25.1. The lowest BCUT2D eigenvalue weighted by molar-refractivity contribution is -0.130. The van der Waals surface area contributed by atoms with E-state index in [-0.39, 0.29) is 24.5 Å². The van der Waals surface area contributed by atoms with Crippen LogP contribution in [0.25, 0.3) is 11.0 Å². The summed E-state index contributed by atoms with van der Waals surface area (Å²) in [5, 5.41) is 11.8. The molecule has 0 saturated carbocycles. The summed E-state index contributed by atoms with van der Waals surface area (Å²) in [7, 11) is 2.98. The normalized spacial score (nSPS) is 15.8. The van der Waals surface area contributed by atoms with Crippen LogP contribution in [0.15, 0.2) is 58.2 Å². The highest BCUT2D eigenvalue weighted by Gasteiger charge is 2.44. The fourth-order valence-corrected chi connectivity index (χ4v) is 4.32. The number of carbonyl (C=O) groups is 2. The number of aliphatic hydroxyl groups excluding tert-OH is 1. The number of methoxy groups -OCH3 is 2. The average molecular weight is 500 g/mol. The number of fused-ring (bicyclic) bond motifs is 1. The molecule has 2 heterocycles. The lowest BCUT2D eigenvalue weighted by atomic mass is 9.95. The number of hydrogen-bond acceptors (Lipinski definition) is 7. The van der Waals surface area contributed by atoms with Gasteiger partial charge in [0.05, 0.1) is 31.9 Å². The number of furan rings is 1. The van der Waals surface area contributed by atoms with E-state index in [4.69, 9.17) is 30.2 Å². The number of ether oxygens (including phenoxy) is 3. The molecule has 1 atom stereocenters. The Morgan fingerprint density at radius 3 is 2.54 bits per heavy atom. The first kappa shape index (κ1) is 24.6. The van der Waals surface area contributed by atoms with Crippen LogP contribution in [0.4, 0.5) is 0 Å². The van der Waals surface area contributed by atoms with E-state index in [0.717, 1.165) is 6.42 Å². The molecule has 184 valence electrons. The van der Waals surface area contributed by atoms with Crippen molar-refractivity contribution >= 4 is 34.3 Å². The molecular formula is C26H26ClNO7. The van der Waals surface area contributed by atoms with E-state index < -0.39 is 23.5 Å². The summed E-state index contributed by atoms with van der Waals surface area (Å²) < 4.78 is 21.9. The zero-order valence-electron chi connectivity index (χ0n) is 19.7. The number of hydrogen-bond donors (Lipinski definition) is 1. The molecule has 0 bridgehead atoms. The Kier molecular flexibility index (Phi) is 7.33. The van der Waals surface area contributed by atoms with Crippen LogP contribution in [0, 0.1) is 0 Å². The first-order valence-electron chi connectivity index (χ1n) is 11.2. The Balaban J connectivity index is 1.76. The standard InChI is InChI=1S/C26H26ClNO7/c1-4-10-34-18-7-5-15(6-8-18)22-21(24(30)26(31)28(22)9-11-32-2)23(29)19-13-16-12-17(27)14-20(33-3)25(16)35-19/h5-8,12-14,22,30H,4,9-11H2,1-3H3. The smallest absolute Gasteiger partial charge is 0.290 e. The summed E-state index contributed by atoms with van der Waals surface area (Å²) in [5.74, 6) is -0.886. The highest BCUT2D eigenvalue weighted by Crippen LogP contribution is 2.41. The molecule has 1 amide bonds. The molecule has 0 fully saturated rings. The molecule has 0 saturated heterocycles. The van der Waals surface area contributed by atoms with Crippen LogP contribution in [-0.4, -0.2) is 55.7 Å². The molecule has 9 heteroatoms. The molecule has 3 aromatic rings. The molecule has 1 unspecified atom stereocenters. The van der Waals surface area contributed by atoms with Gasteiger partial charge in [0.15, 0.2) is 22.9 Å². The maximum atomic E-state index is 13.6. The van der Waals surface area contributed by atoms with Gasteiger partial charge in [0.1, 0.15) is 5.75 Å². The lowest BCUT2D eigenvalue weighted by Gasteiger charge is -2.26. The average Bonchev–Trinajstić information content (AvgIpc) is 3.39. The number of carbonyl (C=O) groups excluding carboxylic acids is 2. The van der Waals surface area contributed by atoms with Gasteiger partial charge in [0.2, 0.25) is 5.78 Å². The fourth-order valence-electron chi connectivity index (χ4n) is 4.10. The minimum atomic E-state index is -0.830. The van der Waals surface area contributed by atoms with Crippen LogP contribution < -0.4 is 9.47 Å². The molecule has 0 aliphatic carbocycles. The van der Waals surface area contributed by atoms with E-state index in [0.29, 0.717) is 39.7 Å². The second-order valence-electron chi connectivity index (χ2n) is 8.04. The summed E-state index contributed by atoms with van der Waals surface area (Å²) >= 11 is 6.15. The fraction of sp³-hybridized carbons (Fsp3) is 0.308. The van der Waals surface area contributed by atoms with Gasteiger partial charge in [-0.05, 0) is 36.2 Å². The summed E-state index contributed by atoms with van der Waals surface area (Å²) in [6.45, 7) is 3.00. The molecule has 0 radical (unpaired) electrons. The quantitative estimate of drug-likeness (QED) is 0.387. The summed E-state index contributed by atoms with van der Waals surface area (Å²) in [6.07, 6.45) is 0.867. The lowest BCUT2D eigenvalue weighted by Crippen LogP contribution is -2.34. The molecule has 1 aliphatic heterocycles. The Morgan fingerprint density at radius 1 is 1.14 bits per heavy atom. The Bertz CT molecular complexity index is 1280. The molecule has 35 heavy (non-hydrogen) atoms. The van der Waals surface area contributed by atoms with Gasteiger partial charge in [-0.15, -0.1) is 0 Å². The predicted molar refractivity (Wildman–Crippen MR) is 130 cm³/mol. The predicted octanol–water partition coefficient (Wildman–Crippen LogP) is 5.11. The van der Waals surface area contributed by atoms with Crippen LogP contribution in [0.1, 0.15) is 35.5 Å². The van der Waals surface area contributed by atoms with E-state index in [1.807, 2.05) is 6.92 Å². The van der Waals surface area contributed by atoms with Crippen LogP contribution in [-0.2, 0) is 9.53 Å². The van der Waals surface area contributed by atoms with Gasteiger partial charge >= 0.3 is 0 Å². The van der Waals surface area contributed by atoms with Crippen molar-refractivity contribution in [1.82, 2.24) is 4.90 Å². The molecule has 1 aromatic heterocycles. The third kappa shape index (κ3) is 4.72. The minimum absolute atomic E-state index is 0.0450. The number of rotatable bonds is 10. The number of amides is 1. The van der Waals surface area contributed by atoms with Crippen molar-refractivity contribution in [2.45, 2.75) is 19.4 Å². The van der Waals surface area contributed by atoms with Gasteiger partial charge in [0.25, 0.3) is 5.91 Å². The second-order valence-corrected chi connectivity index (χ2v) is 8.48. The van der Waals surface area contributed by atoms with Crippen molar-refractivity contribution in [1.29, 1.82) is 0 Å². The molecule has 4 rings (SSSR count). The van der Waals surface area contributed by atoms with Crippen LogP contribution >= 0.6 is 11.6 Å². The maximum Gasteiger partial charge on any atom is 0.290 e. The van der Waals surface area contributed by atoms with Gasteiger partial charge in [-0.25, -0.2) is 0 Å². The van der Waals surface area contributed by atoms with Crippen molar-refractivity contribution in [3.63, 3.8) is 0 Å². The molecule has 8 nitrogen and oxygen atoms in total. The van der Waals surface area contributed by atoms with Crippen LogP contribution in [0.5, 0.6) is 11.5 Å². The van der Waals surface area contributed by atoms with E-state index in [2.05, 4.69) is 0 Å². The van der Waals surface area contributed by atoms with Gasteiger partial charge in [-0.2, -0.15) is 0 Å². The van der Waals surface area contributed by atoms with E-state index in [1.54, 1.807) is 36.4 Å². The van der Waals surface area contributed by atoms with Crippen molar-refractivity contribution in [2.75, 3.05) is 34.0 Å². The number of Topliss-reactive ketones (excluding diaryl/α,β-unsaturated/α-hetero) is 1. The monoisotopic (exact) mass is 499 g/mol. The molecular weight excluding hydrogens is 474 g/mol. The Labute approximate surface area is 207 Å². The van der Waals surface area contributed by atoms with Crippen molar-refractivity contribution in [2.24, 2.45) is 0 Å². The summed E-state index contributed by atoms with van der Waals surface area (Å²) in [5.41, 5.74) is 0.912. The molecule has 2 aromatic carbocycles. The van der Waals surface area contributed by atoms with Gasteiger partial charge in [0, 0.05) is 30.1 Å². The van der Waals surface area contributed by atoms with Crippen LogP contribution in [0.3, 0.4) is 0 Å². The summed E-state index contributed by atoms with van der Waals surface area (Å²) in [4.78, 5) is 28.0. The largest absolute Gasteiger partial charge is 0.503 e. The van der Waals surface area contributed by atoms with E-state index in [1.165, 1.54) is 25.2 Å². The third-order valence-electron chi connectivity index (χ3n) is 5.74. The van der Waals surface area contributed by atoms with Crippen molar-refractivity contribution < 1.29 is 33.3 Å². The molecule has 1 aliphatic rings. The summed E-state index contributed by atoms with van der Waals surface area (Å²) in [6, 6.07) is 11.0. The van der Waals surface area contributed by atoms with E-state index in [9.17, 15) is 14.7 Å². The Hall–Kier alpha value is -3.49. The molecule has 0 spiro atoms. The number of nitrogens with zero attached hydrogens (tertiary/aromatic N) is 1. The van der Waals surface area contributed by atoms with Gasteiger partial charge in [-0.1, -0.05) is 30.7 Å². The second kappa shape index (κ2) is 10.4.